The number of carbonyl (C=O) groups is 1. The molecule has 1 saturated heterocycles. The Morgan fingerprint density at radius 3 is 2.44 bits per heavy atom. The van der Waals surface area contributed by atoms with E-state index >= 15 is 0 Å². The summed E-state index contributed by atoms with van der Waals surface area (Å²) >= 11 is 0. The van der Waals surface area contributed by atoms with Crippen molar-refractivity contribution in [3.63, 3.8) is 0 Å². The van der Waals surface area contributed by atoms with Crippen LogP contribution in [-0.4, -0.2) is 50.2 Å². The van der Waals surface area contributed by atoms with Crippen molar-refractivity contribution >= 4 is 11.6 Å². The molecule has 0 saturated carbocycles. The molecule has 0 radical (unpaired) electrons. The predicted molar refractivity (Wildman–Crippen MR) is 96.3 cm³/mol. The molecular weight excluding hydrogens is 316 g/mol. The normalized spacial score (nSPS) is 19.3. The summed E-state index contributed by atoms with van der Waals surface area (Å²) in [7, 11) is 1.67. The zero-order valence-corrected chi connectivity index (χ0v) is 14.4. The summed E-state index contributed by atoms with van der Waals surface area (Å²) in [5, 5.41) is 0. The number of ether oxygens (including phenoxy) is 2. The maximum Gasteiger partial charge on any atom is 0.264 e. The van der Waals surface area contributed by atoms with Crippen LogP contribution in [-0.2, 0) is 11.2 Å². The standard InChI is InChI=1S/C20H22N2O3/c1-24-17-8-6-16(7-9-17)21-10-12-22(13-11-21)20(23)19-14-15-4-2-3-5-18(15)25-19/h2-9,19H,10-14H2,1H3. The quantitative estimate of drug-likeness (QED) is 0.862. The fourth-order valence-electron chi connectivity index (χ4n) is 3.50. The van der Waals surface area contributed by atoms with Gasteiger partial charge in [0.1, 0.15) is 11.5 Å². The van der Waals surface area contributed by atoms with Gasteiger partial charge in [-0.15, -0.1) is 0 Å². The lowest BCUT2D eigenvalue weighted by molar-refractivity contribution is -0.138. The van der Waals surface area contributed by atoms with Crippen LogP contribution in [0.2, 0.25) is 0 Å². The lowest BCUT2D eigenvalue weighted by Gasteiger charge is -2.37. The molecule has 1 atom stereocenters. The molecule has 2 heterocycles. The lowest BCUT2D eigenvalue weighted by Crippen LogP contribution is -2.52. The highest BCUT2D eigenvalue weighted by atomic mass is 16.5. The number of anilines is 1. The second-order valence-electron chi connectivity index (χ2n) is 6.43. The van der Waals surface area contributed by atoms with Crippen molar-refractivity contribution in [1.29, 1.82) is 0 Å². The second-order valence-corrected chi connectivity index (χ2v) is 6.43. The highest BCUT2D eigenvalue weighted by Gasteiger charge is 2.33. The Labute approximate surface area is 147 Å². The van der Waals surface area contributed by atoms with Gasteiger partial charge in [0.15, 0.2) is 6.10 Å². The summed E-state index contributed by atoms with van der Waals surface area (Å²) in [5.41, 5.74) is 2.29. The minimum Gasteiger partial charge on any atom is -0.497 e. The number of hydrogen-bond donors (Lipinski definition) is 0. The minimum atomic E-state index is -0.370. The van der Waals surface area contributed by atoms with Gasteiger partial charge in [-0.05, 0) is 35.9 Å². The Hall–Kier alpha value is -2.69. The molecule has 0 aliphatic carbocycles. The fraction of sp³-hybridized carbons (Fsp3) is 0.350. The summed E-state index contributed by atoms with van der Waals surface area (Å²) in [6, 6.07) is 16.0. The number of rotatable bonds is 3. The first-order valence-electron chi connectivity index (χ1n) is 8.67. The second kappa shape index (κ2) is 6.67. The average molecular weight is 338 g/mol. The number of para-hydroxylation sites is 1. The SMILES string of the molecule is COc1ccc(N2CCN(C(=O)C3Cc4ccccc4O3)CC2)cc1. The molecule has 0 aromatic heterocycles. The molecule has 4 rings (SSSR count). The van der Waals surface area contributed by atoms with E-state index in [0.29, 0.717) is 6.42 Å². The highest BCUT2D eigenvalue weighted by Crippen LogP contribution is 2.29. The van der Waals surface area contributed by atoms with Crippen LogP contribution < -0.4 is 14.4 Å². The first-order chi connectivity index (χ1) is 12.2. The van der Waals surface area contributed by atoms with E-state index in [9.17, 15) is 4.79 Å². The maximum absolute atomic E-state index is 12.8. The third-order valence-electron chi connectivity index (χ3n) is 4.95. The Balaban J connectivity index is 1.35. The van der Waals surface area contributed by atoms with Gasteiger partial charge in [0.25, 0.3) is 5.91 Å². The fourth-order valence-corrected chi connectivity index (χ4v) is 3.50. The maximum atomic E-state index is 12.8. The van der Waals surface area contributed by atoms with Crippen molar-refractivity contribution < 1.29 is 14.3 Å². The molecule has 2 aliphatic heterocycles. The molecule has 1 unspecified atom stereocenters. The van der Waals surface area contributed by atoms with Crippen LogP contribution in [0.4, 0.5) is 5.69 Å². The van der Waals surface area contributed by atoms with Gasteiger partial charge in [-0.1, -0.05) is 18.2 Å². The van der Waals surface area contributed by atoms with Crippen molar-refractivity contribution in [3.05, 3.63) is 54.1 Å². The van der Waals surface area contributed by atoms with Crippen LogP contribution >= 0.6 is 0 Å². The number of amides is 1. The lowest BCUT2D eigenvalue weighted by atomic mass is 10.1. The molecule has 130 valence electrons. The Morgan fingerprint density at radius 2 is 1.76 bits per heavy atom. The Morgan fingerprint density at radius 1 is 1.04 bits per heavy atom. The van der Waals surface area contributed by atoms with Gasteiger partial charge in [0, 0.05) is 38.3 Å². The minimum absolute atomic E-state index is 0.102. The number of methoxy groups -OCH3 is 1. The van der Waals surface area contributed by atoms with Crippen molar-refractivity contribution in [2.45, 2.75) is 12.5 Å². The number of piperazine rings is 1. The van der Waals surface area contributed by atoms with Gasteiger partial charge in [-0.2, -0.15) is 0 Å². The first-order valence-corrected chi connectivity index (χ1v) is 8.67. The smallest absolute Gasteiger partial charge is 0.264 e. The van der Waals surface area contributed by atoms with Crippen molar-refractivity contribution in [1.82, 2.24) is 4.90 Å². The van der Waals surface area contributed by atoms with Gasteiger partial charge in [-0.3, -0.25) is 4.79 Å². The number of fused-ring (bicyclic) bond motifs is 1. The van der Waals surface area contributed by atoms with Crippen molar-refractivity contribution in [3.8, 4) is 11.5 Å². The summed E-state index contributed by atoms with van der Waals surface area (Å²) in [6.07, 6.45) is 0.304. The average Bonchev–Trinajstić information content (AvgIpc) is 3.12. The molecule has 2 aliphatic rings. The van der Waals surface area contributed by atoms with Gasteiger partial charge in [0.05, 0.1) is 7.11 Å². The topological polar surface area (TPSA) is 42.0 Å². The molecule has 5 nitrogen and oxygen atoms in total. The molecule has 5 heteroatoms. The van der Waals surface area contributed by atoms with E-state index in [2.05, 4.69) is 17.0 Å². The molecule has 1 amide bonds. The number of carbonyl (C=O) groups excluding carboxylic acids is 1. The molecular formula is C20H22N2O3. The summed E-state index contributed by atoms with van der Waals surface area (Å²) < 4.78 is 11.0. The summed E-state index contributed by atoms with van der Waals surface area (Å²) in [5.74, 6) is 1.80. The number of benzene rings is 2. The van der Waals surface area contributed by atoms with Gasteiger partial charge in [0.2, 0.25) is 0 Å². The van der Waals surface area contributed by atoms with E-state index in [4.69, 9.17) is 9.47 Å². The zero-order chi connectivity index (χ0) is 17.2. The Kier molecular flexibility index (Phi) is 4.22. The predicted octanol–water partition coefficient (Wildman–Crippen LogP) is 2.35. The molecule has 2 aromatic carbocycles. The van der Waals surface area contributed by atoms with E-state index in [-0.39, 0.29) is 12.0 Å². The molecule has 0 spiro atoms. The summed E-state index contributed by atoms with van der Waals surface area (Å²) in [4.78, 5) is 17.0. The van der Waals surface area contributed by atoms with Crippen LogP contribution in [0.3, 0.4) is 0 Å². The van der Waals surface area contributed by atoms with Crippen LogP contribution in [0.25, 0.3) is 0 Å². The third kappa shape index (κ3) is 3.14. The third-order valence-corrected chi connectivity index (χ3v) is 4.95. The van der Waals surface area contributed by atoms with Crippen molar-refractivity contribution in [2.75, 3.05) is 38.2 Å². The molecule has 0 bridgehead atoms. The van der Waals surface area contributed by atoms with Crippen LogP contribution in [0.1, 0.15) is 5.56 Å². The largest absolute Gasteiger partial charge is 0.497 e. The van der Waals surface area contributed by atoms with E-state index in [1.807, 2.05) is 41.3 Å². The van der Waals surface area contributed by atoms with Crippen molar-refractivity contribution in [2.24, 2.45) is 0 Å². The monoisotopic (exact) mass is 338 g/mol. The highest BCUT2D eigenvalue weighted by molar-refractivity contribution is 5.83. The van der Waals surface area contributed by atoms with E-state index in [0.717, 1.165) is 48.9 Å². The summed E-state index contributed by atoms with van der Waals surface area (Å²) in [6.45, 7) is 3.11. The molecule has 1 fully saturated rings. The number of nitrogens with zero attached hydrogens (tertiary/aromatic N) is 2. The van der Waals surface area contributed by atoms with Gasteiger partial charge < -0.3 is 19.3 Å². The van der Waals surface area contributed by atoms with E-state index in [1.54, 1.807) is 7.11 Å². The zero-order valence-electron chi connectivity index (χ0n) is 14.4. The van der Waals surface area contributed by atoms with Gasteiger partial charge in [-0.25, -0.2) is 0 Å². The first kappa shape index (κ1) is 15.8. The Bertz CT molecular complexity index is 727. The van der Waals surface area contributed by atoms with Crippen LogP contribution in [0.5, 0.6) is 11.5 Å². The van der Waals surface area contributed by atoms with Crippen LogP contribution in [0.15, 0.2) is 48.5 Å². The van der Waals surface area contributed by atoms with Crippen LogP contribution in [0, 0.1) is 0 Å². The molecule has 2 aromatic rings. The van der Waals surface area contributed by atoms with E-state index in [1.165, 1.54) is 0 Å². The molecule has 25 heavy (non-hydrogen) atoms. The number of hydrogen-bond acceptors (Lipinski definition) is 4. The molecule has 0 N–H and O–H groups in total. The van der Waals surface area contributed by atoms with Gasteiger partial charge >= 0.3 is 0 Å². The van der Waals surface area contributed by atoms with E-state index < -0.39 is 0 Å².